The van der Waals surface area contributed by atoms with Crippen LogP contribution in [0.2, 0.25) is 0 Å². The lowest BCUT2D eigenvalue weighted by Crippen LogP contribution is -2.20. The van der Waals surface area contributed by atoms with Crippen LogP contribution in [0, 0.1) is 12.7 Å². The van der Waals surface area contributed by atoms with Crippen LogP contribution in [0.3, 0.4) is 0 Å². The fourth-order valence-corrected chi connectivity index (χ4v) is 4.55. The van der Waals surface area contributed by atoms with E-state index in [0.717, 1.165) is 61.3 Å². The van der Waals surface area contributed by atoms with Crippen LogP contribution in [-0.4, -0.2) is 31.2 Å². The molecule has 6 nitrogen and oxygen atoms in total. The molecule has 0 radical (unpaired) electrons. The van der Waals surface area contributed by atoms with Crippen molar-refractivity contribution in [3.63, 3.8) is 0 Å². The molecule has 0 saturated carbocycles. The standard InChI is InChI=1S/C30H29FN6/c1-6-19(13-23(7-2)34-17(3)4)21-14-25-29(36-37-30(25)33-16-21)27-15-24-26(35-27)8-9-32-28(24)20-10-18(5)11-22(31)12-20/h6-17,34-35H,2H2,1,3-5H3,(H,33,36,37)/b19-6+,23-13+. The molecule has 0 bridgehead atoms. The third-order valence-electron chi connectivity index (χ3n) is 6.17. The Hall–Kier alpha value is -4.52. The molecule has 0 amide bonds. The van der Waals surface area contributed by atoms with Crippen LogP contribution >= 0.6 is 0 Å². The van der Waals surface area contributed by atoms with Gasteiger partial charge in [0, 0.05) is 51.5 Å². The van der Waals surface area contributed by atoms with Crippen LogP contribution < -0.4 is 5.32 Å². The molecular formula is C30H29FN6. The maximum Gasteiger partial charge on any atom is 0.181 e. The van der Waals surface area contributed by atoms with Crippen molar-refractivity contribution >= 4 is 27.5 Å². The second kappa shape index (κ2) is 9.85. The van der Waals surface area contributed by atoms with Crippen LogP contribution in [0.15, 0.2) is 79.3 Å². The van der Waals surface area contributed by atoms with Gasteiger partial charge < -0.3 is 10.3 Å². The van der Waals surface area contributed by atoms with Gasteiger partial charge in [-0.1, -0.05) is 12.7 Å². The number of fused-ring (bicyclic) bond motifs is 2. The predicted molar refractivity (Wildman–Crippen MR) is 149 cm³/mol. The highest BCUT2D eigenvalue weighted by atomic mass is 19.1. The molecule has 5 rings (SSSR count). The minimum absolute atomic E-state index is 0.278. The second-order valence-electron chi connectivity index (χ2n) is 9.36. The Kier molecular flexibility index (Phi) is 6.44. The normalized spacial score (nSPS) is 12.6. The summed E-state index contributed by atoms with van der Waals surface area (Å²) in [6, 6.07) is 11.3. The highest BCUT2D eigenvalue weighted by Crippen LogP contribution is 2.34. The SMILES string of the molecule is C=C/C(=C\C(=C/C)c1cnc2n[nH]c(-c3cc4c(-c5cc(C)cc(F)c5)nccc4[nH]3)c2c1)NC(C)C. The quantitative estimate of drug-likeness (QED) is 0.212. The molecule has 0 fully saturated rings. The number of nitrogens with zero attached hydrogens (tertiary/aromatic N) is 3. The maximum absolute atomic E-state index is 14.1. The van der Waals surface area contributed by atoms with Gasteiger partial charge in [-0.15, -0.1) is 0 Å². The Morgan fingerprint density at radius 2 is 1.95 bits per heavy atom. The fourth-order valence-electron chi connectivity index (χ4n) is 4.55. The molecular weight excluding hydrogens is 463 g/mol. The van der Waals surface area contributed by atoms with Gasteiger partial charge in [0.1, 0.15) is 5.82 Å². The number of H-pyrrole nitrogens is 2. The molecule has 186 valence electrons. The molecule has 0 saturated heterocycles. The molecule has 7 heteroatoms. The van der Waals surface area contributed by atoms with Crippen LogP contribution in [0.1, 0.15) is 31.9 Å². The van der Waals surface area contributed by atoms with E-state index < -0.39 is 0 Å². The smallest absolute Gasteiger partial charge is 0.181 e. The summed E-state index contributed by atoms with van der Waals surface area (Å²) in [5.41, 5.74) is 8.45. The van der Waals surface area contributed by atoms with E-state index in [9.17, 15) is 4.39 Å². The van der Waals surface area contributed by atoms with Gasteiger partial charge in [0.05, 0.1) is 17.1 Å². The minimum Gasteiger partial charge on any atom is -0.383 e. The van der Waals surface area contributed by atoms with Gasteiger partial charge in [-0.2, -0.15) is 5.10 Å². The van der Waals surface area contributed by atoms with Crippen molar-refractivity contribution in [2.45, 2.75) is 33.7 Å². The van der Waals surface area contributed by atoms with E-state index in [2.05, 4.69) is 69.1 Å². The van der Waals surface area contributed by atoms with E-state index in [1.165, 1.54) is 12.1 Å². The van der Waals surface area contributed by atoms with Crippen molar-refractivity contribution in [3.05, 3.63) is 96.2 Å². The summed E-state index contributed by atoms with van der Waals surface area (Å²) in [6.45, 7) is 12.0. The molecule has 5 aromatic rings. The number of allylic oxidation sites excluding steroid dienone is 4. The molecule has 1 aromatic carbocycles. The Morgan fingerprint density at radius 1 is 1.11 bits per heavy atom. The molecule has 3 N–H and O–H groups in total. The number of pyridine rings is 2. The van der Waals surface area contributed by atoms with Crippen LogP contribution in [0.25, 0.3) is 50.2 Å². The minimum atomic E-state index is -0.278. The molecule has 0 aliphatic rings. The van der Waals surface area contributed by atoms with Gasteiger partial charge in [-0.05, 0) is 87.4 Å². The first-order chi connectivity index (χ1) is 17.9. The first-order valence-electron chi connectivity index (χ1n) is 12.2. The summed E-state index contributed by atoms with van der Waals surface area (Å²) in [4.78, 5) is 12.6. The van der Waals surface area contributed by atoms with Gasteiger partial charge in [0.2, 0.25) is 0 Å². The van der Waals surface area contributed by atoms with Gasteiger partial charge >= 0.3 is 0 Å². The molecule has 0 unspecified atom stereocenters. The summed E-state index contributed by atoms with van der Waals surface area (Å²) in [6.07, 6.45) is 9.49. The van der Waals surface area contributed by atoms with Crippen molar-refractivity contribution in [2.24, 2.45) is 0 Å². The monoisotopic (exact) mass is 492 g/mol. The highest BCUT2D eigenvalue weighted by molar-refractivity contribution is 6.00. The summed E-state index contributed by atoms with van der Waals surface area (Å²) < 4.78 is 14.1. The third kappa shape index (κ3) is 4.80. The fraction of sp³-hybridized carbons (Fsp3) is 0.167. The molecule has 4 heterocycles. The zero-order chi connectivity index (χ0) is 26.1. The maximum atomic E-state index is 14.1. The van der Waals surface area contributed by atoms with E-state index >= 15 is 0 Å². The van der Waals surface area contributed by atoms with Crippen molar-refractivity contribution < 1.29 is 4.39 Å². The molecule has 37 heavy (non-hydrogen) atoms. The van der Waals surface area contributed by atoms with Crippen molar-refractivity contribution in [1.82, 2.24) is 30.5 Å². The number of hydrogen-bond acceptors (Lipinski definition) is 4. The second-order valence-corrected chi connectivity index (χ2v) is 9.36. The van der Waals surface area contributed by atoms with E-state index in [1.807, 2.05) is 44.3 Å². The topological polar surface area (TPSA) is 82.3 Å². The lowest BCUT2D eigenvalue weighted by Gasteiger charge is -2.12. The van der Waals surface area contributed by atoms with Crippen molar-refractivity contribution in [1.29, 1.82) is 0 Å². The Bertz CT molecular complexity index is 1670. The highest BCUT2D eigenvalue weighted by Gasteiger charge is 2.16. The zero-order valence-corrected chi connectivity index (χ0v) is 21.4. The number of halogens is 1. The van der Waals surface area contributed by atoms with E-state index in [1.54, 1.807) is 6.20 Å². The van der Waals surface area contributed by atoms with Gasteiger partial charge in [0.15, 0.2) is 5.65 Å². The summed E-state index contributed by atoms with van der Waals surface area (Å²) >= 11 is 0. The summed E-state index contributed by atoms with van der Waals surface area (Å²) in [5.74, 6) is -0.278. The third-order valence-corrected chi connectivity index (χ3v) is 6.17. The summed E-state index contributed by atoms with van der Waals surface area (Å²) in [7, 11) is 0. The molecule has 0 spiro atoms. The lowest BCUT2D eigenvalue weighted by atomic mass is 10.0. The van der Waals surface area contributed by atoms with Crippen LogP contribution in [0.5, 0.6) is 0 Å². The number of aromatic amines is 2. The largest absolute Gasteiger partial charge is 0.383 e. The molecule has 0 aliphatic carbocycles. The Labute approximate surface area is 215 Å². The van der Waals surface area contributed by atoms with Crippen LogP contribution in [-0.2, 0) is 0 Å². The number of aromatic nitrogens is 5. The molecule has 0 atom stereocenters. The first kappa shape index (κ1) is 24.2. The molecule has 4 aromatic heterocycles. The number of benzene rings is 1. The number of hydrogen-bond donors (Lipinski definition) is 3. The number of rotatable bonds is 7. The average molecular weight is 493 g/mol. The van der Waals surface area contributed by atoms with E-state index in [4.69, 9.17) is 0 Å². The van der Waals surface area contributed by atoms with Gasteiger partial charge in [-0.25, -0.2) is 9.37 Å². The Balaban J connectivity index is 1.60. The Morgan fingerprint density at radius 3 is 2.68 bits per heavy atom. The number of nitrogens with one attached hydrogen (secondary N) is 3. The first-order valence-corrected chi connectivity index (χ1v) is 12.2. The van der Waals surface area contributed by atoms with E-state index in [0.29, 0.717) is 11.7 Å². The van der Waals surface area contributed by atoms with Gasteiger partial charge in [-0.3, -0.25) is 10.1 Å². The summed E-state index contributed by atoms with van der Waals surface area (Å²) in [5, 5.41) is 12.8. The predicted octanol–water partition coefficient (Wildman–Crippen LogP) is 7.09. The van der Waals surface area contributed by atoms with Gasteiger partial charge in [0.25, 0.3) is 0 Å². The number of aryl methyl sites for hydroxylation is 1. The van der Waals surface area contributed by atoms with Crippen molar-refractivity contribution in [3.8, 4) is 22.6 Å². The van der Waals surface area contributed by atoms with Crippen molar-refractivity contribution in [2.75, 3.05) is 0 Å². The van der Waals surface area contributed by atoms with Crippen LogP contribution in [0.4, 0.5) is 4.39 Å². The zero-order valence-electron chi connectivity index (χ0n) is 21.4. The van der Waals surface area contributed by atoms with E-state index in [-0.39, 0.29) is 5.82 Å². The lowest BCUT2D eigenvalue weighted by molar-refractivity contribution is 0.627. The average Bonchev–Trinajstić information content (AvgIpc) is 3.49. The molecule has 0 aliphatic heterocycles.